The SMILES string of the molecule is Cc1ccccc1N=Nc1ccc(N2C(=O)/C(=C/c3cccc([N+](=O)[O-])c3)SC2=S)c(C)c1. The quantitative estimate of drug-likeness (QED) is 0.130. The monoisotopic (exact) mass is 474 g/mol. The largest absolute Gasteiger partial charge is 0.270 e. The third kappa shape index (κ3) is 4.89. The van der Waals surface area contributed by atoms with Crippen LogP contribution in [-0.2, 0) is 4.79 Å². The summed E-state index contributed by atoms with van der Waals surface area (Å²) >= 11 is 6.62. The number of hydrogen-bond acceptors (Lipinski definition) is 7. The van der Waals surface area contributed by atoms with Gasteiger partial charge in [0.25, 0.3) is 11.6 Å². The molecule has 4 rings (SSSR count). The molecule has 0 aromatic heterocycles. The fraction of sp³-hybridized carbons (Fsp3) is 0.0833. The van der Waals surface area contributed by atoms with Crippen LogP contribution in [-0.4, -0.2) is 15.2 Å². The van der Waals surface area contributed by atoms with E-state index in [1.807, 2.05) is 44.2 Å². The van der Waals surface area contributed by atoms with Crippen LogP contribution in [0.5, 0.6) is 0 Å². The number of rotatable bonds is 5. The van der Waals surface area contributed by atoms with Crippen LogP contribution in [0.4, 0.5) is 22.7 Å². The molecule has 0 aliphatic carbocycles. The van der Waals surface area contributed by atoms with Crippen molar-refractivity contribution in [2.45, 2.75) is 13.8 Å². The number of anilines is 1. The van der Waals surface area contributed by atoms with Gasteiger partial charge in [-0.05, 0) is 60.9 Å². The molecular formula is C24H18N4O3S2. The van der Waals surface area contributed by atoms with Gasteiger partial charge < -0.3 is 0 Å². The molecule has 1 aliphatic rings. The van der Waals surface area contributed by atoms with Crippen molar-refractivity contribution in [3.8, 4) is 0 Å². The van der Waals surface area contributed by atoms with E-state index in [0.717, 1.165) is 28.6 Å². The summed E-state index contributed by atoms with van der Waals surface area (Å²) in [5, 5.41) is 19.6. The summed E-state index contributed by atoms with van der Waals surface area (Å²) in [7, 11) is 0. The number of thiocarbonyl (C=S) groups is 1. The molecule has 0 spiro atoms. The van der Waals surface area contributed by atoms with Gasteiger partial charge in [-0.3, -0.25) is 19.8 Å². The van der Waals surface area contributed by atoms with Crippen molar-refractivity contribution in [3.05, 3.63) is 98.4 Å². The Labute approximate surface area is 200 Å². The summed E-state index contributed by atoms with van der Waals surface area (Å²) in [6, 6.07) is 19.3. The van der Waals surface area contributed by atoms with Gasteiger partial charge in [-0.15, -0.1) is 0 Å². The second-order valence-electron chi connectivity index (χ2n) is 7.33. The summed E-state index contributed by atoms with van der Waals surface area (Å²) in [4.78, 5) is 25.5. The summed E-state index contributed by atoms with van der Waals surface area (Å²) in [5.41, 5.74) is 4.50. The third-order valence-corrected chi connectivity index (χ3v) is 6.28. The second kappa shape index (κ2) is 9.43. The molecule has 1 amide bonds. The minimum atomic E-state index is -0.468. The van der Waals surface area contributed by atoms with Crippen molar-refractivity contribution in [1.82, 2.24) is 0 Å². The molecule has 1 aliphatic heterocycles. The van der Waals surface area contributed by atoms with E-state index in [1.165, 1.54) is 17.0 Å². The predicted molar refractivity (Wildman–Crippen MR) is 135 cm³/mol. The van der Waals surface area contributed by atoms with Crippen LogP contribution in [0.25, 0.3) is 6.08 Å². The van der Waals surface area contributed by atoms with Gasteiger partial charge in [0, 0.05) is 12.1 Å². The zero-order chi connectivity index (χ0) is 23.5. The second-order valence-corrected chi connectivity index (χ2v) is 9.00. The maximum atomic E-state index is 13.1. The summed E-state index contributed by atoms with van der Waals surface area (Å²) in [5.74, 6) is -0.270. The van der Waals surface area contributed by atoms with E-state index in [0.29, 0.717) is 26.2 Å². The van der Waals surface area contributed by atoms with Crippen LogP contribution in [0.2, 0.25) is 0 Å². The molecule has 0 radical (unpaired) electrons. The number of nitro groups is 1. The van der Waals surface area contributed by atoms with Gasteiger partial charge in [-0.2, -0.15) is 10.2 Å². The highest BCUT2D eigenvalue weighted by atomic mass is 32.2. The maximum absolute atomic E-state index is 13.1. The first-order chi connectivity index (χ1) is 15.8. The fourth-order valence-corrected chi connectivity index (χ4v) is 4.58. The highest BCUT2D eigenvalue weighted by molar-refractivity contribution is 8.27. The minimum Gasteiger partial charge on any atom is -0.268 e. The molecular weight excluding hydrogens is 456 g/mol. The highest BCUT2D eigenvalue weighted by Gasteiger charge is 2.34. The molecule has 1 saturated heterocycles. The topological polar surface area (TPSA) is 88.2 Å². The Balaban J connectivity index is 1.58. The van der Waals surface area contributed by atoms with Gasteiger partial charge in [0.05, 0.1) is 26.9 Å². The molecule has 0 atom stereocenters. The molecule has 0 unspecified atom stereocenters. The zero-order valence-corrected chi connectivity index (χ0v) is 19.4. The Bertz CT molecular complexity index is 1350. The normalized spacial score (nSPS) is 15.1. The number of amides is 1. The minimum absolute atomic E-state index is 0.0366. The maximum Gasteiger partial charge on any atom is 0.270 e. The molecule has 164 valence electrons. The lowest BCUT2D eigenvalue weighted by Gasteiger charge is -2.17. The molecule has 0 saturated carbocycles. The van der Waals surface area contributed by atoms with E-state index in [4.69, 9.17) is 12.2 Å². The number of benzene rings is 3. The lowest BCUT2D eigenvalue weighted by Crippen LogP contribution is -2.28. The van der Waals surface area contributed by atoms with Crippen molar-refractivity contribution in [1.29, 1.82) is 0 Å². The van der Waals surface area contributed by atoms with Gasteiger partial charge in [0.2, 0.25) is 0 Å². The Hall–Kier alpha value is -3.69. The average molecular weight is 475 g/mol. The first-order valence-electron chi connectivity index (χ1n) is 9.94. The third-order valence-electron chi connectivity index (χ3n) is 4.98. The number of hydrogen-bond donors (Lipinski definition) is 0. The first-order valence-corrected chi connectivity index (χ1v) is 11.2. The Morgan fingerprint density at radius 1 is 1.00 bits per heavy atom. The Kier molecular flexibility index (Phi) is 6.43. The number of nitro benzene ring substituents is 1. The molecule has 9 heteroatoms. The van der Waals surface area contributed by atoms with E-state index in [1.54, 1.807) is 30.3 Å². The first kappa shape index (κ1) is 22.5. The Morgan fingerprint density at radius 2 is 1.79 bits per heavy atom. The fourth-order valence-electron chi connectivity index (χ4n) is 3.29. The van der Waals surface area contributed by atoms with Crippen molar-refractivity contribution in [2.75, 3.05) is 4.90 Å². The molecule has 1 fully saturated rings. The van der Waals surface area contributed by atoms with Crippen molar-refractivity contribution < 1.29 is 9.72 Å². The number of non-ortho nitro benzene ring substituents is 1. The number of thioether (sulfide) groups is 1. The van der Waals surface area contributed by atoms with Crippen molar-refractivity contribution >= 4 is 63.0 Å². The number of carbonyl (C=O) groups excluding carboxylic acids is 1. The van der Waals surface area contributed by atoms with Crippen LogP contribution < -0.4 is 4.90 Å². The molecule has 3 aromatic rings. The van der Waals surface area contributed by atoms with Gasteiger partial charge in [0.1, 0.15) is 0 Å². The van der Waals surface area contributed by atoms with Crippen LogP contribution in [0, 0.1) is 24.0 Å². The summed E-state index contributed by atoms with van der Waals surface area (Å²) in [6.45, 7) is 3.85. The van der Waals surface area contributed by atoms with E-state index in [-0.39, 0.29) is 11.6 Å². The summed E-state index contributed by atoms with van der Waals surface area (Å²) in [6.07, 6.45) is 1.62. The number of nitrogens with zero attached hydrogens (tertiary/aromatic N) is 4. The average Bonchev–Trinajstić information content (AvgIpc) is 3.06. The van der Waals surface area contributed by atoms with Gasteiger partial charge in [0.15, 0.2) is 4.32 Å². The van der Waals surface area contributed by atoms with E-state index >= 15 is 0 Å². The van der Waals surface area contributed by atoms with Crippen LogP contribution in [0.3, 0.4) is 0 Å². The van der Waals surface area contributed by atoms with Gasteiger partial charge >= 0.3 is 0 Å². The molecule has 3 aromatic carbocycles. The van der Waals surface area contributed by atoms with Crippen LogP contribution in [0.1, 0.15) is 16.7 Å². The van der Waals surface area contributed by atoms with Gasteiger partial charge in [-0.1, -0.05) is 54.3 Å². The number of azo groups is 1. The van der Waals surface area contributed by atoms with Crippen molar-refractivity contribution in [3.63, 3.8) is 0 Å². The molecule has 0 bridgehead atoms. The lowest BCUT2D eigenvalue weighted by atomic mass is 10.1. The zero-order valence-electron chi connectivity index (χ0n) is 17.8. The van der Waals surface area contributed by atoms with E-state index < -0.39 is 4.92 Å². The van der Waals surface area contributed by atoms with E-state index in [2.05, 4.69) is 10.2 Å². The molecule has 0 N–H and O–H groups in total. The predicted octanol–water partition coefficient (Wildman–Crippen LogP) is 7.03. The van der Waals surface area contributed by atoms with Gasteiger partial charge in [-0.25, -0.2) is 0 Å². The van der Waals surface area contributed by atoms with E-state index in [9.17, 15) is 14.9 Å². The van der Waals surface area contributed by atoms with Crippen LogP contribution in [0.15, 0.2) is 81.9 Å². The van der Waals surface area contributed by atoms with Crippen molar-refractivity contribution in [2.24, 2.45) is 10.2 Å². The molecule has 33 heavy (non-hydrogen) atoms. The lowest BCUT2D eigenvalue weighted by molar-refractivity contribution is -0.384. The summed E-state index contributed by atoms with van der Waals surface area (Å²) < 4.78 is 0.397. The number of carbonyl (C=O) groups is 1. The smallest absolute Gasteiger partial charge is 0.268 e. The molecule has 7 nitrogen and oxygen atoms in total. The standard InChI is InChI=1S/C24H18N4O3S2/c1-15-6-3-4-9-20(15)26-25-18-10-11-21(16(2)12-18)27-23(29)22(33-24(27)32)14-17-7-5-8-19(13-17)28(30)31/h3-14H,1-2H3/b22-14-,26-25?. The Morgan fingerprint density at radius 3 is 2.52 bits per heavy atom. The molecule has 1 heterocycles. The highest BCUT2D eigenvalue weighted by Crippen LogP contribution is 2.38. The number of aryl methyl sites for hydroxylation is 2. The van der Waals surface area contributed by atoms with Crippen LogP contribution >= 0.6 is 24.0 Å².